The molecule has 5 heteroatoms. The van der Waals surface area contributed by atoms with Gasteiger partial charge in [0, 0.05) is 12.4 Å². The molecule has 1 heterocycles. The molecule has 0 aliphatic rings. The second-order valence-electron chi connectivity index (χ2n) is 3.70. The maximum Gasteiger partial charge on any atom is 0.291 e. The molecule has 2 rings (SSSR count). The van der Waals surface area contributed by atoms with Crippen LogP contribution in [0.2, 0.25) is 0 Å². The van der Waals surface area contributed by atoms with E-state index in [2.05, 4.69) is 20.5 Å². The average Bonchev–Trinajstić information content (AvgIpc) is 2.42. The third-order valence-corrected chi connectivity index (χ3v) is 2.25. The molecule has 1 N–H and O–H groups in total. The van der Waals surface area contributed by atoms with Crippen molar-refractivity contribution in [3.63, 3.8) is 0 Å². The molecule has 0 radical (unpaired) electrons. The predicted octanol–water partition coefficient (Wildman–Crippen LogP) is 1.55. The molecule has 0 bridgehead atoms. The summed E-state index contributed by atoms with van der Waals surface area (Å²) in [6, 6.07) is 7.80. The Kier molecular flexibility index (Phi) is 3.76. The molecule has 5 nitrogen and oxygen atoms in total. The lowest BCUT2D eigenvalue weighted by Crippen LogP contribution is -2.19. The monoisotopic (exact) mass is 240 g/mol. The normalized spacial score (nSPS) is 10.5. The Morgan fingerprint density at radius 1 is 1.28 bits per heavy atom. The average molecular weight is 240 g/mol. The van der Waals surface area contributed by atoms with Crippen LogP contribution in [0.3, 0.4) is 0 Å². The highest BCUT2D eigenvalue weighted by Crippen LogP contribution is 1.99. The van der Waals surface area contributed by atoms with Gasteiger partial charge in [0.1, 0.15) is 5.69 Å². The van der Waals surface area contributed by atoms with E-state index >= 15 is 0 Å². The number of hydrazone groups is 1. The number of aromatic nitrogens is 2. The number of hydrogen-bond donors (Lipinski definition) is 1. The minimum Gasteiger partial charge on any atom is -0.265 e. The molecule has 0 saturated heterocycles. The summed E-state index contributed by atoms with van der Waals surface area (Å²) in [6.45, 7) is 2.01. The van der Waals surface area contributed by atoms with Crippen LogP contribution in [-0.4, -0.2) is 22.1 Å². The van der Waals surface area contributed by atoms with Gasteiger partial charge in [0.15, 0.2) is 0 Å². The van der Waals surface area contributed by atoms with E-state index in [1.165, 1.54) is 24.2 Å². The van der Waals surface area contributed by atoms with Crippen molar-refractivity contribution in [1.29, 1.82) is 0 Å². The van der Waals surface area contributed by atoms with Crippen molar-refractivity contribution < 1.29 is 4.79 Å². The van der Waals surface area contributed by atoms with Crippen LogP contribution in [0.4, 0.5) is 0 Å². The third-order valence-electron chi connectivity index (χ3n) is 2.25. The minimum absolute atomic E-state index is 0.235. The Morgan fingerprint density at radius 3 is 2.72 bits per heavy atom. The standard InChI is InChI=1S/C13H12N4O/c1-10-2-4-11(5-3-10)8-16-17-13(18)12-9-14-6-7-15-12/h2-9H,1H3,(H,17,18). The Morgan fingerprint density at radius 2 is 2.06 bits per heavy atom. The van der Waals surface area contributed by atoms with Crippen LogP contribution in [0, 0.1) is 6.92 Å². The molecular formula is C13H12N4O. The molecule has 0 saturated carbocycles. The first-order valence-corrected chi connectivity index (χ1v) is 5.42. The molecule has 0 spiro atoms. The molecule has 2 aromatic rings. The zero-order chi connectivity index (χ0) is 12.8. The smallest absolute Gasteiger partial charge is 0.265 e. The fraction of sp³-hybridized carbons (Fsp3) is 0.0769. The highest BCUT2D eigenvalue weighted by molar-refractivity contribution is 5.92. The SMILES string of the molecule is Cc1ccc(C=NNC(=O)c2cnccn2)cc1. The Hall–Kier alpha value is -2.56. The molecule has 0 aliphatic heterocycles. The van der Waals surface area contributed by atoms with E-state index in [0.717, 1.165) is 5.56 Å². The number of aryl methyl sites for hydroxylation is 1. The van der Waals surface area contributed by atoms with E-state index in [-0.39, 0.29) is 11.6 Å². The van der Waals surface area contributed by atoms with Crippen LogP contribution in [0.1, 0.15) is 21.6 Å². The summed E-state index contributed by atoms with van der Waals surface area (Å²) in [7, 11) is 0. The minimum atomic E-state index is -0.383. The van der Waals surface area contributed by atoms with Gasteiger partial charge >= 0.3 is 0 Å². The highest BCUT2D eigenvalue weighted by atomic mass is 16.2. The lowest BCUT2D eigenvalue weighted by Gasteiger charge is -1.97. The molecular weight excluding hydrogens is 228 g/mol. The summed E-state index contributed by atoms with van der Waals surface area (Å²) < 4.78 is 0. The fourth-order valence-electron chi connectivity index (χ4n) is 1.29. The van der Waals surface area contributed by atoms with Gasteiger partial charge < -0.3 is 0 Å². The van der Waals surface area contributed by atoms with Crippen LogP contribution in [-0.2, 0) is 0 Å². The number of amides is 1. The molecule has 0 unspecified atom stereocenters. The van der Waals surface area contributed by atoms with E-state index < -0.39 is 0 Å². The predicted molar refractivity (Wildman–Crippen MR) is 68.3 cm³/mol. The molecule has 0 aliphatic carbocycles. The summed E-state index contributed by atoms with van der Waals surface area (Å²) in [6.07, 6.45) is 5.93. The first kappa shape index (κ1) is 11.9. The van der Waals surface area contributed by atoms with Gasteiger partial charge in [0.2, 0.25) is 0 Å². The van der Waals surface area contributed by atoms with Crippen molar-refractivity contribution in [3.8, 4) is 0 Å². The van der Waals surface area contributed by atoms with E-state index in [9.17, 15) is 4.79 Å². The Labute approximate surface area is 105 Å². The Bertz CT molecular complexity index is 549. The van der Waals surface area contributed by atoms with Crippen LogP contribution >= 0.6 is 0 Å². The van der Waals surface area contributed by atoms with Gasteiger partial charge in [-0.05, 0) is 12.5 Å². The summed E-state index contributed by atoms with van der Waals surface area (Å²) in [5.41, 5.74) is 4.72. The van der Waals surface area contributed by atoms with E-state index in [4.69, 9.17) is 0 Å². The highest BCUT2D eigenvalue weighted by Gasteiger charge is 2.03. The number of carbonyl (C=O) groups is 1. The number of benzene rings is 1. The van der Waals surface area contributed by atoms with Gasteiger partial charge in [-0.2, -0.15) is 5.10 Å². The van der Waals surface area contributed by atoms with Gasteiger partial charge in [-0.15, -0.1) is 0 Å². The Balaban J connectivity index is 1.96. The summed E-state index contributed by atoms with van der Waals surface area (Å²) in [5.74, 6) is -0.383. The number of carbonyl (C=O) groups excluding carboxylic acids is 1. The van der Waals surface area contributed by atoms with Crippen molar-refractivity contribution in [2.75, 3.05) is 0 Å². The van der Waals surface area contributed by atoms with Gasteiger partial charge in [-0.1, -0.05) is 29.8 Å². The first-order valence-electron chi connectivity index (χ1n) is 5.42. The molecule has 1 amide bonds. The molecule has 0 atom stereocenters. The van der Waals surface area contributed by atoms with Gasteiger partial charge in [0.25, 0.3) is 5.91 Å². The van der Waals surface area contributed by atoms with Crippen molar-refractivity contribution in [2.45, 2.75) is 6.92 Å². The van der Waals surface area contributed by atoms with E-state index in [1.807, 2.05) is 31.2 Å². The van der Waals surface area contributed by atoms with Crippen molar-refractivity contribution in [3.05, 3.63) is 59.7 Å². The molecule has 1 aromatic heterocycles. The number of rotatable bonds is 3. The van der Waals surface area contributed by atoms with E-state index in [1.54, 1.807) is 6.21 Å². The summed E-state index contributed by atoms with van der Waals surface area (Å²) in [4.78, 5) is 19.2. The fourth-order valence-corrected chi connectivity index (χ4v) is 1.29. The largest absolute Gasteiger partial charge is 0.291 e. The molecule has 1 aromatic carbocycles. The first-order chi connectivity index (χ1) is 8.75. The van der Waals surface area contributed by atoms with Gasteiger partial charge in [0.05, 0.1) is 12.4 Å². The topological polar surface area (TPSA) is 67.2 Å². The van der Waals surface area contributed by atoms with Crippen molar-refractivity contribution in [2.24, 2.45) is 5.10 Å². The van der Waals surface area contributed by atoms with Crippen molar-refractivity contribution in [1.82, 2.24) is 15.4 Å². The maximum absolute atomic E-state index is 11.6. The number of nitrogens with one attached hydrogen (secondary N) is 1. The lowest BCUT2D eigenvalue weighted by atomic mass is 10.2. The third kappa shape index (κ3) is 3.21. The summed E-state index contributed by atoms with van der Waals surface area (Å²) in [5, 5.41) is 3.86. The van der Waals surface area contributed by atoms with Crippen LogP contribution in [0.5, 0.6) is 0 Å². The number of nitrogens with zero attached hydrogens (tertiary/aromatic N) is 3. The quantitative estimate of drug-likeness (QED) is 0.653. The molecule has 90 valence electrons. The van der Waals surface area contributed by atoms with Crippen LogP contribution < -0.4 is 5.43 Å². The second-order valence-corrected chi connectivity index (χ2v) is 3.70. The van der Waals surface area contributed by atoms with Gasteiger partial charge in [-0.25, -0.2) is 10.4 Å². The maximum atomic E-state index is 11.6. The zero-order valence-corrected chi connectivity index (χ0v) is 9.87. The molecule has 0 fully saturated rings. The van der Waals surface area contributed by atoms with Gasteiger partial charge in [-0.3, -0.25) is 9.78 Å². The summed E-state index contributed by atoms with van der Waals surface area (Å²) >= 11 is 0. The number of hydrogen-bond acceptors (Lipinski definition) is 4. The second kappa shape index (κ2) is 5.67. The van der Waals surface area contributed by atoms with Crippen molar-refractivity contribution >= 4 is 12.1 Å². The lowest BCUT2D eigenvalue weighted by molar-refractivity contribution is 0.0950. The van der Waals surface area contributed by atoms with E-state index in [0.29, 0.717) is 0 Å². The van der Waals surface area contributed by atoms with Crippen LogP contribution in [0.25, 0.3) is 0 Å². The van der Waals surface area contributed by atoms with Crippen LogP contribution in [0.15, 0.2) is 48.0 Å². The molecule has 18 heavy (non-hydrogen) atoms. The zero-order valence-electron chi connectivity index (χ0n) is 9.87.